The van der Waals surface area contributed by atoms with Gasteiger partial charge in [0, 0.05) is 5.56 Å². The average molecular weight is 338 g/mol. The molecule has 0 amide bonds. The van der Waals surface area contributed by atoms with E-state index < -0.39 is 11.7 Å². The Labute approximate surface area is 135 Å². The van der Waals surface area contributed by atoms with Crippen LogP contribution in [0.3, 0.4) is 0 Å². The molecule has 0 radical (unpaired) electrons. The first kappa shape index (κ1) is 15.6. The Morgan fingerprint density at radius 2 is 1.74 bits per heavy atom. The fourth-order valence-corrected chi connectivity index (χ4v) is 2.47. The van der Waals surface area contributed by atoms with Crippen molar-refractivity contribution in [3.8, 4) is 17.1 Å². The molecule has 0 aliphatic carbocycles. The Bertz CT molecular complexity index is 842. The summed E-state index contributed by atoms with van der Waals surface area (Å²) in [4.78, 5) is 4.34. The topological polar surface area (TPSA) is 30.7 Å². The summed E-state index contributed by atoms with van der Waals surface area (Å²) in [7, 11) is 0. The highest BCUT2D eigenvalue weighted by molar-refractivity contribution is 6.32. The predicted molar refractivity (Wildman–Crippen MR) is 81.5 cm³/mol. The van der Waals surface area contributed by atoms with Gasteiger partial charge in [-0.25, -0.2) is 9.67 Å². The van der Waals surface area contributed by atoms with E-state index in [0.29, 0.717) is 17.3 Å². The molecule has 1 heterocycles. The molecular weight excluding hydrogens is 327 g/mol. The molecule has 0 spiro atoms. The number of rotatable bonds is 2. The highest BCUT2D eigenvalue weighted by Crippen LogP contribution is 2.34. The van der Waals surface area contributed by atoms with Crippen LogP contribution in [-0.2, 0) is 6.18 Å². The quantitative estimate of drug-likeness (QED) is 0.665. The Kier molecular flexibility index (Phi) is 3.85. The minimum absolute atomic E-state index is 0.0399. The third kappa shape index (κ3) is 3.07. The van der Waals surface area contributed by atoms with Gasteiger partial charge in [-0.1, -0.05) is 41.9 Å². The van der Waals surface area contributed by atoms with Crippen LogP contribution >= 0.6 is 11.6 Å². The number of hydrogen-bond donors (Lipinski definition) is 0. The predicted octanol–water partition coefficient (Wildman–Crippen LogP) is 4.91. The number of aromatic nitrogens is 3. The largest absolute Gasteiger partial charge is 0.416 e. The summed E-state index contributed by atoms with van der Waals surface area (Å²) in [5.74, 6) is 1.02. The van der Waals surface area contributed by atoms with Gasteiger partial charge in [0.05, 0.1) is 16.3 Å². The van der Waals surface area contributed by atoms with Crippen molar-refractivity contribution in [2.24, 2.45) is 0 Å². The second-order valence-electron chi connectivity index (χ2n) is 4.92. The van der Waals surface area contributed by atoms with Crippen LogP contribution in [0, 0.1) is 6.92 Å². The van der Waals surface area contributed by atoms with Crippen LogP contribution in [0.5, 0.6) is 0 Å². The number of halogens is 4. The summed E-state index contributed by atoms with van der Waals surface area (Å²) < 4.78 is 39.7. The molecule has 7 heteroatoms. The van der Waals surface area contributed by atoms with Crippen LogP contribution in [0.15, 0.2) is 48.5 Å². The van der Waals surface area contributed by atoms with Crippen LogP contribution in [0.1, 0.15) is 11.4 Å². The van der Waals surface area contributed by atoms with Gasteiger partial charge >= 0.3 is 6.18 Å². The van der Waals surface area contributed by atoms with Gasteiger partial charge < -0.3 is 0 Å². The van der Waals surface area contributed by atoms with Gasteiger partial charge in [-0.3, -0.25) is 0 Å². The zero-order valence-electron chi connectivity index (χ0n) is 12.0. The first-order valence-corrected chi connectivity index (χ1v) is 7.10. The van der Waals surface area contributed by atoms with Crippen LogP contribution in [0.4, 0.5) is 13.2 Å². The van der Waals surface area contributed by atoms with Crippen molar-refractivity contribution in [2.45, 2.75) is 13.1 Å². The Hall–Kier alpha value is -2.34. The minimum atomic E-state index is -4.44. The van der Waals surface area contributed by atoms with Crippen molar-refractivity contribution in [3.63, 3.8) is 0 Å². The van der Waals surface area contributed by atoms with Gasteiger partial charge in [0.1, 0.15) is 5.82 Å². The molecule has 3 rings (SSSR count). The maximum absolute atomic E-state index is 12.8. The molecule has 0 saturated carbocycles. The lowest BCUT2D eigenvalue weighted by atomic mass is 10.2. The van der Waals surface area contributed by atoms with Crippen molar-refractivity contribution in [2.75, 3.05) is 0 Å². The molecule has 0 unspecified atom stereocenters. The molecule has 1 aromatic heterocycles. The average Bonchev–Trinajstić information content (AvgIpc) is 2.89. The van der Waals surface area contributed by atoms with Crippen molar-refractivity contribution < 1.29 is 13.2 Å². The highest BCUT2D eigenvalue weighted by Gasteiger charge is 2.31. The summed E-state index contributed by atoms with van der Waals surface area (Å²) >= 11 is 6.05. The SMILES string of the molecule is Cc1nc(-c2ccccc2)n(-c2ccc(C(F)(F)F)cc2Cl)n1. The van der Waals surface area contributed by atoms with E-state index in [-0.39, 0.29) is 5.02 Å². The summed E-state index contributed by atoms with van der Waals surface area (Å²) in [5.41, 5.74) is 0.340. The first-order chi connectivity index (χ1) is 10.9. The molecule has 0 fully saturated rings. The molecule has 3 nitrogen and oxygen atoms in total. The van der Waals surface area contributed by atoms with Gasteiger partial charge in [0.15, 0.2) is 5.82 Å². The third-order valence-electron chi connectivity index (χ3n) is 3.25. The summed E-state index contributed by atoms with van der Waals surface area (Å²) in [6, 6.07) is 12.4. The lowest BCUT2D eigenvalue weighted by Gasteiger charge is -2.11. The van der Waals surface area contributed by atoms with E-state index in [0.717, 1.165) is 17.7 Å². The van der Waals surface area contributed by atoms with E-state index in [1.54, 1.807) is 6.92 Å². The lowest BCUT2D eigenvalue weighted by Crippen LogP contribution is -2.07. The number of alkyl halides is 3. The summed E-state index contributed by atoms with van der Waals surface area (Å²) in [6.07, 6.45) is -4.44. The van der Waals surface area contributed by atoms with Crippen molar-refractivity contribution in [1.29, 1.82) is 0 Å². The van der Waals surface area contributed by atoms with Crippen LogP contribution in [0.25, 0.3) is 17.1 Å². The Morgan fingerprint density at radius 3 is 2.35 bits per heavy atom. The number of nitrogens with zero attached hydrogens (tertiary/aromatic N) is 3. The molecular formula is C16H11ClF3N3. The standard InChI is InChI=1S/C16H11ClF3N3/c1-10-21-15(11-5-3-2-4-6-11)23(22-10)14-8-7-12(9-13(14)17)16(18,19)20/h2-9H,1H3. The second-order valence-corrected chi connectivity index (χ2v) is 5.33. The normalized spacial score (nSPS) is 11.7. The lowest BCUT2D eigenvalue weighted by molar-refractivity contribution is -0.137. The van der Waals surface area contributed by atoms with Crippen molar-refractivity contribution >= 4 is 11.6 Å². The molecule has 0 saturated heterocycles. The first-order valence-electron chi connectivity index (χ1n) is 6.72. The molecule has 0 atom stereocenters. The van der Waals surface area contributed by atoms with Crippen LogP contribution < -0.4 is 0 Å². The van der Waals surface area contributed by atoms with E-state index in [2.05, 4.69) is 10.1 Å². The zero-order chi connectivity index (χ0) is 16.6. The van der Waals surface area contributed by atoms with Crippen LogP contribution in [-0.4, -0.2) is 14.8 Å². The fraction of sp³-hybridized carbons (Fsp3) is 0.125. The van der Waals surface area contributed by atoms with Crippen LogP contribution in [0.2, 0.25) is 5.02 Å². The summed E-state index contributed by atoms with van der Waals surface area (Å²) in [6.45, 7) is 1.71. The summed E-state index contributed by atoms with van der Waals surface area (Å²) in [5, 5.41) is 4.21. The maximum Gasteiger partial charge on any atom is 0.416 e. The molecule has 0 bridgehead atoms. The fourth-order valence-electron chi connectivity index (χ4n) is 2.21. The number of benzene rings is 2. The van der Waals surface area contributed by atoms with Gasteiger partial charge in [0.2, 0.25) is 0 Å². The van der Waals surface area contributed by atoms with Gasteiger partial charge in [-0.05, 0) is 25.1 Å². The molecule has 2 aromatic carbocycles. The molecule has 0 N–H and O–H groups in total. The highest BCUT2D eigenvalue weighted by atomic mass is 35.5. The van der Waals surface area contributed by atoms with Crippen molar-refractivity contribution in [1.82, 2.24) is 14.8 Å². The maximum atomic E-state index is 12.8. The minimum Gasteiger partial charge on any atom is -0.212 e. The van der Waals surface area contributed by atoms with Gasteiger partial charge in [0.25, 0.3) is 0 Å². The monoisotopic (exact) mass is 337 g/mol. The molecule has 23 heavy (non-hydrogen) atoms. The van der Waals surface area contributed by atoms with E-state index in [1.807, 2.05) is 30.3 Å². The second kappa shape index (κ2) is 5.70. The molecule has 118 valence electrons. The number of hydrogen-bond acceptors (Lipinski definition) is 2. The smallest absolute Gasteiger partial charge is 0.212 e. The third-order valence-corrected chi connectivity index (χ3v) is 3.55. The zero-order valence-corrected chi connectivity index (χ0v) is 12.7. The Morgan fingerprint density at radius 1 is 1.04 bits per heavy atom. The molecule has 0 aliphatic rings. The Balaban J connectivity index is 2.13. The molecule has 0 aliphatic heterocycles. The van der Waals surface area contributed by atoms with E-state index in [4.69, 9.17) is 11.6 Å². The molecule has 3 aromatic rings. The van der Waals surface area contributed by atoms with E-state index in [1.165, 1.54) is 10.7 Å². The van der Waals surface area contributed by atoms with Crippen molar-refractivity contribution in [3.05, 3.63) is 64.9 Å². The number of aryl methyl sites for hydroxylation is 1. The van der Waals surface area contributed by atoms with Gasteiger partial charge in [-0.15, -0.1) is 0 Å². The van der Waals surface area contributed by atoms with E-state index >= 15 is 0 Å². The van der Waals surface area contributed by atoms with E-state index in [9.17, 15) is 13.2 Å². The van der Waals surface area contributed by atoms with Gasteiger partial charge in [-0.2, -0.15) is 18.3 Å².